The third-order valence-electron chi connectivity index (χ3n) is 4.25. The Morgan fingerprint density at radius 1 is 1.00 bits per heavy atom. The van der Waals surface area contributed by atoms with Crippen molar-refractivity contribution in [2.45, 2.75) is 13.8 Å². The quantitative estimate of drug-likeness (QED) is 0.562. The second-order valence-electron chi connectivity index (χ2n) is 6.22. The first-order valence-corrected chi connectivity index (χ1v) is 8.45. The molecule has 4 rings (SSSR count). The van der Waals surface area contributed by atoms with Gasteiger partial charge in [-0.05, 0) is 60.9 Å². The van der Waals surface area contributed by atoms with Crippen LogP contribution in [-0.2, 0) is 0 Å². The number of carbonyl (C=O) groups excluding carboxylic acids is 1. The Bertz CT molecular complexity index is 1080. The molecule has 0 fully saturated rings. The molecule has 2 aromatic heterocycles. The monoisotopic (exact) mass is 359 g/mol. The van der Waals surface area contributed by atoms with Crippen molar-refractivity contribution in [1.82, 2.24) is 10.1 Å². The first-order valence-electron chi connectivity index (χ1n) is 8.45. The van der Waals surface area contributed by atoms with Crippen LogP contribution in [0.1, 0.15) is 21.7 Å². The highest BCUT2D eigenvalue weighted by molar-refractivity contribution is 6.04. The highest BCUT2D eigenvalue weighted by Crippen LogP contribution is 2.29. The smallest absolute Gasteiger partial charge is 0.258 e. The average Bonchev–Trinajstić information content (AvgIpc) is 3.35. The summed E-state index contributed by atoms with van der Waals surface area (Å²) in [6.45, 7) is 3.82. The first kappa shape index (κ1) is 16.8. The maximum absolute atomic E-state index is 12.2. The molecule has 0 saturated carbocycles. The van der Waals surface area contributed by atoms with Gasteiger partial charge in [0.2, 0.25) is 0 Å². The van der Waals surface area contributed by atoms with Crippen LogP contribution < -0.4 is 5.32 Å². The van der Waals surface area contributed by atoms with Gasteiger partial charge in [0.25, 0.3) is 11.8 Å². The summed E-state index contributed by atoms with van der Waals surface area (Å²) < 4.78 is 10.2. The number of rotatable bonds is 4. The van der Waals surface area contributed by atoms with Gasteiger partial charge in [0.1, 0.15) is 6.26 Å². The van der Waals surface area contributed by atoms with Gasteiger partial charge >= 0.3 is 0 Å². The lowest BCUT2D eigenvalue weighted by molar-refractivity contribution is 0.102. The van der Waals surface area contributed by atoms with Gasteiger partial charge < -0.3 is 14.3 Å². The van der Waals surface area contributed by atoms with Gasteiger partial charge in [-0.1, -0.05) is 23.4 Å². The molecule has 0 aliphatic carbocycles. The molecule has 0 atom stereocenters. The predicted molar refractivity (Wildman–Crippen MR) is 101 cm³/mol. The maximum atomic E-state index is 12.2. The van der Waals surface area contributed by atoms with Crippen LogP contribution in [0, 0.1) is 13.8 Å². The number of nitrogens with zero attached hydrogens (tertiary/aromatic N) is 2. The molecule has 2 aromatic carbocycles. The van der Waals surface area contributed by atoms with Gasteiger partial charge in [0.15, 0.2) is 5.82 Å². The van der Waals surface area contributed by atoms with Gasteiger partial charge in [0.05, 0.1) is 11.8 Å². The number of benzene rings is 2. The van der Waals surface area contributed by atoms with E-state index in [1.807, 2.05) is 49.4 Å². The van der Waals surface area contributed by atoms with Crippen LogP contribution in [0.2, 0.25) is 0 Å². The van der Waals surface area contributed by atoms with Crippen LogP contribution in [0.4, 0.5) is 5.69 Å². The van der Waals surface area contributed by atoms with Crippen molar-refractivity contribution >= 4 is 11.6 Å². The van der Waals surface area contributed by atoms with E-state index in [-0.39, 0.29) is 5.91 Å². The van der Waals surface area contributed by atoms with Crippen LogP contribution in [0.3, 0.4) is 0 Å². The second-order valence-corrected chi connectivity index (χ2v) is 6.22. The molecule has 1 N–H and O–H groups in total. The van der Waals surface area contributed by atoms with E-state index >= 15 is 0 Å². The molecule has 0 saturated heterocycles. The molecule has 27 heavy (non-hydrogen) atoms. The average molecular weight is 359 g/mol. The number of furan rings is 1. The molecule has 0 bridgehead atoms. The molecule has 134 valence electrons. The molecule has 6 heteroatoms. The lowest BCUT2D eigenvalue weighted by Crippen LogP contribution is -2.10. The van der Waals surface area contributed by atoms with Gasteiger partial charge in [-0.15, -0.1) is 0 Å². The van der Waals surface area contributed by atoms with Crippen molar-refractivity contribution in [2.24, 2.45) is 0 Å². The van der Waals surface area contributed by atoms with Crippen LogP contribution in [-0.4, -0.2) is 16.0 Å². The third kappa shape index (κ3) is 3.50. The molecule has 0 aliphatic heterocycles. The van der Waals surface area contributed by atoms with E-state index in [0.717, 1.165) is 27.9 Å². The minimum atomic E-state index is -0.208. The SMILES string of the molecule is Cc1noc(-c2ccc(-c3cc(NC(=O)c4ccoc4)ccc3C)cc2)n1. The fourth-order valence-electron chi connectivity index (χ4n) is 2.81. The number of hydrogen-bond donors (Lipinski definition) is 1. The summed E-state index contributed by atoms with van der Waals surface area (Å²) in [4.78, 5) is 16.5. The zero-order valence-electron chi connectivity index (χ0n) is 14.9. The number of hydrogen-bond acceptors (Lipinski definition) is 5. The minimum absolute atomic E-state index is 0.208. The summed E-state index contributed by atoms with van der Waals surface area (Å²) >= 11 is 0. The maximum Gasteiger partial charge on any atom is 0.258 e. The number of nitrogens with one attached hydrogen (secondary N) is 1. The second kappa shape index (κ2) is 6.92. The van der Waals surface area contributed by atoms with E-state index in [0.29, 0.717) is 17.3 Å². The Morgan fingerprint density at radius 2 is 1.78 bits per heavy atom. The highest BCUT2D eigenvalue weighted by atomic mass is 16.5. The molecule has 0 unspecified atom stereocenters. The largest absolute Gasteiger partial charge is 0.472 e. The standard InChI is InChI=1S/C21H17N3O3/c1-13-3-8-18(23-20(25)17-9-10-26-12-17)11-19(13)15-4-6-16(7-5-15)21-22-14(2)24-27-21/h3-12H,1-2H3,(H,23,25). The summed E-state index contributed by atoms with van der Waals surface area (Å²) in [5.74, 6) is 0.892. The van der Waals surface area contributed by atoms with Crippen molar-refractivity contribution in [2.75, 3.05) is 5.32 Å². The Kier molecular flexibility index (Phi) is 4.30. The van der Waals surface area contributed by atoms with E-state index in [9.17, 15) is 4.79 Å². The van der Waals surface area contributed by atoms with Gasteiger partial charge in [-0.3, -0.25) is 4.79 Å². The molecule has 6 nitrogen and oxygen atoms in total. The Hall–Kier alpha value is -3.67. The zero-order chi connectivity index (χ0) is 18.8. The van der Waals surface area contributed by atoms with Gasteiger partial charge in [-0.2, -0.15) is 4.98 Å². The van der Waals surface area contributed by atoms with E-state index in [2.05, 4.69) is 15.5 Å². The van der Waals surface area contributed by atoms with Gasteiger partial charge in [-0.25, -0.2) is 0 Å². The number of aromatic nitrogens is 2. The van der Waals surface area contributed by atoms with E-state index in [1.54, 1.807) is 13.0 Å². The highest BCUT2D eigenvalue weighted by Gasteiger charge is 2.11. The number of aryl methyl sites for hydroxylation is 2. The predicted octanol–water partition coefficient (Wildman–Crippen LogP) is 4.87. The number of anilines is 1. The molecular weight excluding hydrogens is 342 g/mol. The third-order valence-corrected chi connectivity index (χ3v) is 4.25. The van der Waals surface area contributed by atoms with Crippen LogP contribution in [0.15, 0.2) is 70.0 Å². The summed E-state index contributed by atoms with van der Waals surface area (Å²) in [5.41, 5.74) is 5.24. The summed E-state index contributed by atoms with van der Waals surface area (Å²) in [7, 11) is 0. The van der Waals surface area contributed by atoms with Crippen molar-refractivity contribution < 1.29 is 13.7 Å². The van der Waals surface area contributed by atoms with Crippen molar-refractivity contribution in [3.63, 3.8) is 0 Å². The fraction of sp³-hybridized carbons (Fsp3) is 0.0952. The zero-order valence-corrected chi connectivity index (χ0v) is 14.9. The molecular formula is C21H17N3O3. The van der Waals surface area contributed by atoms with E-state index in [4.69, 9.17) is 8.94 Å². The lowest BCUT2D eigenvalue weighted by atomic mass is 9.98. The lowest BCUT2D eigenvalue weighted by Gasteiger charge is -2.10. The van der Waals surface area contributed by atoms with Crippen molar-refractivity contribution in [3.05, 3.63) is 78.0 Å². The summed E-state index contributed by atoms with van der Waals surface area (Å²) in [6, 6.07) is 15.3. The van der Waals surface area contributed by atoms with E-state index < -0.39 is 0 Å². The summed E-state index contributed by atoms with van der Waals surface area (Å²) in [6.07, 6.45) is 2.89. The van der Waals surface area contributed by atoms with Crippen LogP contribution >= 0.6 is 0 Å². The molecule has 4 aromatic rings. The molecule has 0 spiro atoms. The Balaban J connectivity index is 1.60. The Labute approximate surface area is 155 Å². The fourth-order valence-corrected chi connectivity index (χ4v) is 2.81. The molecule has 0 radical (unpaired) electrons. The number of carbonyl (C=O) groups is 1. The van der Waals surface area contributed by atoms with Crippen LogP contribution in [0.25, 0.3) is 22.6 Å². The first-order chi connectivity index (χ1) is 13.1. The normalized spacial score (nSPS) is 10.7. The molecule has 2 heterocycles. The summed E-state index contributed by atoms with van der Waals surface area (Å²) in [5, 5.41) is 6.70. The van der Waals surface area contributed by atoms with Crippen molar-refractivity contribution in [3.8, 4) is 22.6 Å². The van der Waals surface area contributed by atoms with Crippen molar-refractivity contribution in [1.29, 1.82) is 0 Å². The van der Waals surface area contributed by atoms with E-state index in [1.165, 1.54) is 12.5 Å². The molecule has 1 amide bonds. The minimum Gasteiger partial charge on any atom is -0.472 e. The molecule has 0 aliphatic rings. The van der Waals surface area contributed by atoms with Crippen LogP contribution in [0.5, 0.6) is 0 Å². The topological polar surface area (TPSA) is 81.2 Å². The Morgan fingerprint density at radius 3 is 2.44 bits per heavy atom. The van der Waals surface area contributed by atoms with Gasteiger partial charge in [0, 0.05) is 11.3 Å². The number of amides is 1.